The molecule has 0 atom stereocenters. The van der Waals surface area contributed by atoms with Crippen LogP contribution in [0.4, 0.5) is 14.4 Å². The summed E-state index contributed by atoms with van der Waals surface area (Å²) >= 11 is 5.94. The number of aryl methyl sites for hydroxylation is 1. The molecule has 0 saturated heterocycles. The molecule has 21 heavy (non-hydrogen) atoms. The van der Waals surface area contributed by atoms with Crippen LogP contribution in [-0.4, -0.2) is 25.9 Å². The Morgan fingerprint density at radius 2 is 2.00 bits per heavy atom. The van der Waals surface area contributed by atoms with Gasteiger partial charge in [0.2, 0.25) is 0 Å². The zero-order valence-electron chi connectivity index (χ0n) is 11.9. The lowest BCUT2D eigenvalue weighted by Crippen LogP contribution is -2.27. The molecule has 8 heteroatoms. The molecular weight excluding hydrogens is 321 g/mol. The standard InChI is InChI=1S/C13H17ClFNO4S/c1-13(2,3)20-12(17)16-11-8-9(4-5-10(11)14)6-7-21(15,18)19/h4-5,8H,6-7H2,1-3H3,(H,16,17). The molecule has 0 aliphatic carbocycles. The second kappa shape index (κ2) is 6.62. The van der Waals surface area contributed by atoms with E-state index in [2.05, 4.69) is 5.32 Å². The van der Waals surface area contributed by atoms with Gasteiger partial charge in [-0.25, -0.2) is 4.79 Å². The maximum absolute atomic E-state index is 12.5. The topological polar surface area (TPSA) is 72.5 Å². The van der Waals surface area contributed by atoms with Crippen molar-refractivity contribution in [3.63, 3.8) is 0 Å². The van der Waals surface area contributed by atoms with Gasteiger partial charge in [0.1, 0.15) is 5.60 Å². The molecule has 1 N–H and O–H groups in total. The van der Waals surface area contributed by atoms with Gasteiger partial charge >= 0.3 is 16.3 Å². The van der Waals surface area contributed by atoms with Crippen molar-refractivity contribution >= 4 is 33.6 Å². The summed E-state index contributed by atoms with van der Waals surface area (Å²) in [6.45, 7) is 5.16. The molecule has 1 aromatic carbocycles. The highest BCUT2D eigenvalue weighted by Crippen LogP contribution is 2.24. The molecule has 0 saturated carbocycles. The number of ether oxygens (including phenoxy) is 1. The summed E-state index contributed by atoms with van der Waals surface area (Å²) in [7, 11) is -4.54. The Kier molecular flexibility index (Phi) is 5.58. The highest BCUT2D eigenvalue weighted by molar-refractivity contribution is 7.86. The van der Waals surface area contributed by atoms with Gasteiger partial charge in [0.15, 0.2) is 0 Å². The fourth-order valence-electron chi connectivity index (χ4n) is 1.48. The lowest BCUT2D eigenvalue weighted by molar-refractivity contribution is 0.0636. The van der Waals surface area contributed by atoms with Gasteiger partial charge < -0.3 is 4.74 Å². The van der Waals surface area contributed by atoms with E-state index in [1.165, 1.54) is 12.1 Å². The Morgan fingerprint density at radius 3 is 2.52 bits per heavy atom. The van der Waals surface area contributed by atoms with Crippen LogP contribution in [0, 0.1) is 0 Å². The summed E-state index contributed by atoms with van der Waals surface area (Å²) < 4.78 is 38.6. The van der Waals surface area contributed by atoms with Crippen LogP contribution in [0.1, 0.15) is 26.3 Å². The van der Waals surface area contributed by atoms with Crippen LogP contribution in [-0.2, 0) is 21.4 Å². The van der Waals surface area contributed by atoms with Gasteiger partial charge in [-0.05, 0) is 44.9 Å². The van der Waals surface area contributed by atoms with Crippen molar-refractivity contribution in [3.8, 4) is 0 Å². The average molecular weight is 338 g/mol. The highest BCUT2D eigenvalue weighted by atomic mass is 35.5. The van der Waals surface area contributed by atoms with Crippen LogP contribution in [0.5, 0.6) is 0 Å². The minimum absolute atomic E-state index is 0.0149. The van der Waals surface area contributed by atoms with Gasteiger partial charge in [0, 0.05) is 0 Å². The fourth-order valence-corrected chi connectivity index (χ4v) is 2.12. The van der Waals surface area contributed by atoms with Gasteiger partial charge in [-0.1, -0.05) is 17.7 Å². The van der Waals surface area contributed by atoms with Crippen molar-refractivity contribution in [3.05, 3.63) is 28.8 Å². The predicted octanol–water partition coefficient (Wildman–Crippen LogP) is 3.53. The van der Waals surface area contributed by atoms with E-state index in [0.29, 0.717) is 5.56 Å². The Morgan fingerprint density at radius 1 is 1.38 bits per heavy atom. The first-order valence-electron chi connectivity index (χ1n) is 6.17. The minimum atomic E-state index is -4.54. The highest BCUT2D eigenvalue weighted by Gasteiger charge is 2.17. The molecule has 5 nitrogen and oxygen atoms in total. The molecule has 0 fully saturated rings. The number of hydrogen-bond acceptors (Lipinski definition) is 4. The number of rotatable bonds is 4. The number of nitrogens with one attached hydrogen (secondary N) is 1. The SMILES string of the molecule is CC(C)(C)OC(=O)Nc1cc(CCS(=O)(=O)F)ccc1Cl. The largest absolute Gasteiger partial charge is 0.444 e. The minimum Gasteiger partial charge on any atom is -0.444 e. The Balaban J connectivity index is 2.80. The molecule has 0 aromatic heterocycles. The van der Waals surface area contributed by atoms with Gasteiger partial charge in [-0.3, -0.25) is 5.32 Å². The van der Waals surface area contributed by atoms with Crippen molar-refractivity contribution < 1.29 is 21.8 Å². The smallest absolute Gasteiger partial charge is 0.412 e. The second-order valence-electron chi connectivity index (χ2n) is 5.43. The van der Waals surface area contributed by atoms with Crippen molar-refractivity contribution in [2.24, 2.45) is 0 Å². The van der Waals surface area contributed by atoms with Crippen LogP contribution < -0.4 is 5.32 Å². The van der Waals surface area contributed by atoms with E-state index in [1.807, 2.05) is 0 Å². The molecule has 0 radical (unpaired) electrons. The van der Waals surface area contributed by atoms with Crippen molar-refractivity contribution in [1.82, 2.24) is 0 Å². The van der Waals surface area contributed by atoms with E-state index in [1.54, 1.807) is 26.8 Å². The number of carbonyl (C=O) groups is 1. The van der Waals surface area contributed by atoms with Crippen LogP contribution in [0.2, 0.25) is 5.02 Å². The molecule has 0 aliphatic rings. The third-order valence-electron chi connectivity index (χ3n) is 2.30. The van der Waals surface area contributed by atoms with E-state index >= 15 is 0 Å². The Labute approximate surface area is 128 Å². The number of amides is 1. The number of carbonyl (C=O) groups excluding carboxylic acids is 1. The van der Waals surface area contributed by atoms with Crippen molar-refractivity contribution in [1.29, 1.82) is 0 Å². The fraction of sp³-hybridized carbons (Fsp3) is 0.462. The Bertz CT molecular complexity index is 626. The van der Waals surface area contributed by atoms with E-state index in [9.17, 15) is 17.1 Å². The second-order valence-corrected chi connectivity index (χ2v) is 7.33. The molecule has 118 valence electrons. The molecular formula is C13H17ClFNO4S. The summed E-state index contributed by atoms with van der Waals surface area (Å²) in [5, 5.41) is 2.74. The maximum Gasteiger partial charge on any atom is 0.412 e. The number of halogens is 2. The van der Waals surface area contributed by atoms with Crippen molar-refractivity contribution in [2.75, 3.05) is 11.1 Å². The van der Waals surface area contributed by atoms with Crippen LogP contribution in [0.3, 0.4) is 0 Å². The van der Waals surface area contributed by atoms with Gasteiger partial charge in [0.05, 0.1) is 16.5 Å². The molecule has 0 heterocycles. The zero-order chi connectivity index (χ0) is 16.3. The summed E-state index contributed by atoms with van der Waals surface area (Å²) in [5.74, 6) is -0.624. The number of benzene rings is 1. The molecule has 1 rings (SSSR count). The van der Waals surface area contributed by atoms with Crippen LogP contribution in [0.15, 0.2) is 18.2 Å². The van der Waals surface area contributed by atoms with E-state index < -0.39 is 27.7 Å². The van der Waals surface area contributed by atoms with E-state index in [-0.39, 0.29) is 17.1 Å². The molecule has 0 spiro atoms. The molecule has 0 bridgehead atoms. The molecule has 1 amide bonds. The summed E-state index contributed by atoms with van der Waals surface area (Å²) in [4.78, 5) is 11.7. The lowest BCUT2D eigenvalue weighted by atomic mass is 10.1. The Hall–Kier alpha value is -1.34. The number of anilines is 1. The third kappa shape index (κ3) is 7.29. The third-order valence-corrected chi connectivity index (χ3v) is 3.32. The summed E-state index contributed by atoms with van der Waals surface area (Å²) in [6, 6.07) is 4.54. The van der Waals surface area contributed by atoms with E-state index in [0.717, 1.165) is 0 Å². The quantitative estimate of drug-likeness (QED) is 0.853. The zero-order valence-corrected chi connectivity index (χ0v) is 13.5. The molecule has 0 aliphatic heterocycles. The maximum atomic E-state index is 12.5. The molecule has 1 aromatic rings. The first-order valence-corrected chi connectivity index (χ1v) is 8.10. The average Bonchev–Trinajstić information content (AvgIpc) is 2.26. The summed E-state index contributed by atoms with van der Waals surface area (Å²) in [5.41, 5.74) is 0.155. The lowest BCUT2D eigenvalue weighted by Gasteiger charge is -2.20. The first kappa shape index (κ1) is 17.7. The van der Waals surface area contributed by atoms with Crippen molar-refractivity contribution in [2.45, 2.75) is 32.8 Å². The predicted molar refractivity (Wildman–Crippen MR) is 79.9 cm³/mol. The van der Waals surface area contributed by atoms with E-state index in [4.69, 9.17) is 16.3 Å². The van der Waals surface area contributed by atoms with Gasteiger partial charge in [0.25, 0.3) is 0 Å². The first-order chi connectivity index (χ1) is 9.46. The summed E-state index contributed by atoms with van der Waals surface area (Å²) in [6.07, 6.45) is -0.696. The monoisotopic (exact) mass is 337 g/mol. The number of hydrogen-bond donors (Lipinski definition) is 1. The van der Waals surface area contributed by atoms with Gasteiger partial charge in [-0.2, -0.15) is 8.42 Å². The molecule has 0 unspecified atom stereocenters. The van der Waals surface area contributed by atoms with Crippen LogP contribution in [0.25, 0.3) is 0 Å². The van der Waals surface area contributed by atoms with Gasteiger partial charge in [-0.15, -0.1) is 3.89 Å². The normalized spacial score (nSPS) is 12.0. The van der Waals surface area contributed by atoms with Crippen LogP contribution >= 0.6 is 11.6 Å².